The lowest BCUT2D eigenvalue weighted by atomic mass is 10.0. The van der Waals surface area contributed by atoms with E-state index < -0.39 is 0 Å². The lowest BCUT2D eigenvalue weighted by Crippen LogP contribution is -2.19. The molecule has 1 aromatic heterocycles. The molecule has 0 N–H and O–H groups in total. The van der Waals surface area contributed by atoms with Gasteiger partial charge < -0.3 is 9.80 Å². The molecule has 1 saturated heterocycles. The molecule has 2 aliphatic rings. The van der Waals surface area contributed by atoms with Crippen LogP contribution in [0, 0.1) is 0 Å². The van der Waals surface area contributed by atoms with Gasteiger partial charge in [-0.1, -0.05) is 6.07 Å². The number of hydrogen-bond donors (Lipinski definition) is 0. The predicted molar refractivity (Wildman–Crippen MR) is 84.7 cm³/mol. The van der Waals surface area contributed by atoms with Gasteiger partial charge >= 0.3 is 0 Å². The highest BCUT2D eigenvalue weighted by molar-refractivity contribution is 5.98. The molecule has 0 radical (unpaired) electrons. The van der Waals surface area contributed by atoms with Crippen molar-refractivity contribution in [1.29, 1.82) is 0 Å². The molecule has 0 bridgehead atoms. The number of aromatic nitrogens is 2. The molecule has 5 heteroatoms. The summed E-state index contributed by atoms with van der Waals surface area (Å²) in [4.78, 5) is 15.9. The highest BCUT2D eigenvalue weighted by Gasteiger charge is 2.24. The van der Waals surface area contributed by atoms with Crippen molar-refractivity contribution in [2.24, 2.45) is 0 Å². The number of benzene rings is 1. The summed E-state index contributed by atoms with van der Waals surface area (Å²) in [5.74, 6) is 1.05. The molecular weight excluding hydrogens is 276 g/mol. The Bertz CT molecular complexity index is 720. The number of carbonyl (C=O) groups excluding carboxylic acids is 1. The van der Waals surface area contributed by atoms with E-state index in [9.17, 15) is 4.79 Å². The Morgan fingerprint density at radius 3 is 2.59 bits per heavy atom. The molecule has 2 aliphatic heterocycles. The van der Waals surface area contributed by atoms with E-state index >= 15 is 0 Å². The van der Waals surface area contributed by atoms with E-state index in [0.29, 0.717) is 6.54 Å². The Morgan fingerprint density at radius 1 is 1.05 bits per heavy atom. The first-order valence-electron chi connectivity index (χ1n) is 7.70. The van der Waals surface area contributed by atoms with Crippen LogP contribution in [0.1, 0.15) is 28.8 Å². The standard InChI is InChI=1S/C17H18N4O/c1-20-11-13-10-12(4-5-14(13)17(20)22)15-6-7-16(19-18-15)21-8-2-3-9-21/h4-7,10H,2-3,8-9,11H2,1H3. The maximum atomic E-state index is 11.9. The number of fused-ring (bicyclic) bond motifs is 1. The fourth-order valence-corrected chi connectivity index (χ4v) is 3.22. The lowest BCUT2D eigenvalue weighted by molar-refractivity contribution is 0.0816. The summed E-state index contributed by atoms with van der Waals surface area (Å²) in [6.07, 6.45) is 2.46. The molecule has 22 heavy (non-hydrogen) atoms. The molecule has 4 rings (SSSR count). The highest BCUT2D eigenvalue weighted by Crippen LogP contribution is 2.27. The first kappa shape index (κ1) is 13.2. The largest absolute Gasteiger partial charge is 0.355 e. The SMILES string of the molecule is CN1Cc2cc(-c3ccc(N4CCCC4)nn3)ccc2C1=O. The van der Waals surface area contributed by atoms with Crippen molar-refractivity contribution in [2.45, 2.75) is 19.4 Å². The van der Waals surface area contributed by atoms with Crippen LogP contribution in [0.4, 0.5) is 5.82 Å². The monoisotopic (exact) mass is 294 g/mol. The highest BCUT2D eigenvalue weighted by atomic mass is 16.2. The summed E-state index contributed by atoms with van der Waals surface area (Å²) in [5, 5.41) is 8.73. The molecule has 5 nitrogen and oxygen atoms in total. The van der Waals surface area contributed by atoms with Gasteiger partial charge in [0.1, 0.15) is 0 Å². The maximum Gasteiger partial charge on any atom is 0.254 e. The summed E-state index contributed by atoms with van der Waals surface area (Å²) in [7, 11) is 1.83. The first-order valence-corrected chi connectivity index (χ1v) is 7.70. The minimum absolute atomic E-state index is 0.0945. The molecule has 1 aromatic carbocycles. The minimum Gasteiger partial charge on any atom is -0.355 e. The molecule has 0 saturated carbocycles. The summed E-state index contributed by atoms with van der Waals surface area (Å²) < 4.78 is 0. The van der Waals surface area contributed by atoms with Gasteiger partial charge in [0, 0.05) is 37.8 Å². The van der Waals surface area contributed by atoms with Gasteiger partial charge in [0.05, 0.1) is 5.69 Å². The van der Waals surface area contributed by atoms with E-state index in [2.05, 4.69) is 21.2 Å². The van der Waals surface area contributed by atoms with Crippen LogP contribution >= 0.6 is 0 Å². The number of anilines is 1. The second-order valence-electron chi connectivity index (χ2n) is 6.00. The van der Waals surface area contributed by atoms with Crippen molar-refractivity contribution >= 4 is 11.7 Å². The van der Waals surface area contributed by atoms with Gasteiger partial charge in [-0.25, -0.2) is 0 Å². The second-order valence-corrected chi connectivity index (χ2v) is 6.00. The third-order valence-electron chi connectivity index (χ3n) is 4.47. The number of amides is 1. The summed E-state index contributed by atoms with van der Waals surface area (Å²) in [6.45, 7) is 2.81. The van der Waals surface area contributed by atoms with Gasteiger partial charge in [0.2, 0.25) is 0 Å². The van der Waals surface area contributed by atoms with Gasteiger partial charge in [-0.3, -0.25) is 4.79 Å². The molecular formula is C17H18N4O. The molecule has 112 valence electrons. The van der Waals surface area contributed by atoms with Crippen LogP contribution in [-0.2, 0) is 6.54 Å². The Kier molecular flexibility index (Phi) is 3.06. The van der Waals surface area contributed by atoms with Crippen LogP contribution in [-0.4, -0.2) is 41.1 Å². The van der Waals surface area contributed by atoms with Crippen LogP contribution in [0.5, 0.6) is 0 Å². The number of rotatable bonds is 2. The van der Waals surface area contributed by atoms with Gasteiger partial charge in [0.25, 0.3) is 5.91 Å². The van der Waals surface area contributed by atoms with Crippen LogP contribution in [0.15, 0.2) is 30.3 Å². The third-order valence-corrected chi connectivity index (χ3v) is 4.47. The molecule has 2 aromatic rings. The zero-order chi connectivity index (χ0) is 15.1. The lowest BCUT2D eigenvalue weighted by Gasteiger charge is -2.15. The van der Waals surface area contributed by atoms with Gasteiger partial charge in [0.15, 0.2) is 5.82 Å². The first-order chi connectivity index (χ1) is 10.7. The molecule has 0 unspecified atom stereocenters. The molecule has 1 amide bonds. The quantitative estimate of drug-likeness (QED) is 0.853. The molecule has 0 aliphatic carbocycles. The van der Waals surface area contributed by atoms with Crippen molar-refractivity contribution in [2.75, 3.05) is 25.0 Å². The molecule has 0 atom stereocenters. The van der Waals surface area contributed by atoms with Crippen molar-refractivity contribution in [3.63, 3.8) is 0 Å². The van der Waals surface area contributed by atoms with E-state index in [1.807, 2.05) is 31.3 Å². The molecule has 1 fully saturated rings. The summed E-state index contributed by atoms with van der Waals surface area (Å²) in [5.41, 5.74) is 3.73. The second kappa shape index (κ2) is 5.09. The van der Waals surface area contributed by atoms with Crippen LogP contribution < -0.4 is 4.90 Å². The minimum atomic E-state index is 0.0945. The fraction of sp³-hybridized carbons (Fsp3) is 0.353. The topological polar surface area (TPSA) is 49.3 Å². The van der Waals surface area contributed by atoms with Gasteiger partial charge in [-0.15, -0.1) is 10.2 Å². The van der Waals surface area contributed by atoms with Gasteiger partial charge in [-0.2, -0.15) is 0 Å². The van der Waals surface area contributed by atoms with Gasteiger partial charge in [-0.05, 0) is 42.7 Å². The smallest absolute Gasteiger partial charge is 0.254 e. The Labute approximate surface area is 129 Å². The van der Waals surface area contributed by atoms with Crippen LogP contribution in [0.2, 0.25) is 0 Å². The summed E-state index contributed by atoms with van der Waals surface area (Å²) in [6, 6.07) is 9.96. The number of hydrogen-bond acceptors (Lipinski definition) is 4. The summed E-state index contributed by atoms with van der Waals surface area (Å²) >= 11 is 0. The Hall–Kier alpha value is -2.43. The van der Waals surface area contributed by atoms with Crippen molar-refractivity contribution in [1.82, 2.24) is 15.1 Å². The Balaban J connectivity index is 1.62. The predicted octanol–water partition coefficient (Wildman–Crippen LogP) is 2.33. The zero-order valence-corrected chi connectivity index (χ0v) is 12.6. The van der Waals surface area contributed by atoms with E-state index in [1.165, 1.54) is 12.8 Å². The molecule has 3 heterocycles. The average molecular weight is 294 g/mol. The zero-order valence-electron chi connectivity index (χ0n) is 12.6. The Morgan fingerprint density at radius 2 is 1.86 bits per heavy atom. The van der Waals surface area contributed by atoms with Crippen LogP contribution in [0.25, 0.3) is 11.3 Å². The van der Waals surface area contributed by atoms with Crippen LogP contribution in [0.3, 0.4) is 0 Å². The van der Waals surface area contributed by atoms with Crippen molar-refractivity contribution in [3.05, 3.63) is 41.5 Å². The molecule has 0 spiro atoms. The fourth-order valence-electron chi connectivity index (χ4n) is 3.22. The van der Waals surface area contributed by atoms with Crippen molar-refractivity contribution < 1.29 is 4.79 Å². The van der Waals surface area contributed by atoms with E-state index in [-0.39, 0.29) is 5.91 Å². The number of nitrogens with zero attached hydrogens (tertiary/aromatic N) is 4. The average Bonchev–Trinajstić information content (AvgIpc) is 3.17. The van der Waals surface area contributed by atoms with Crippen molar-refractivity contribution in [3.8, 4) is 11.3 Å². The van der Waals surface area contributed by atoms with E-state index in [4.69, 9.17) is 0 Å². The van der Waals surface area contributed by atoms with E-state index in [1.54, 1.807) is 4.90 Å². The third kappa shape index (κ3) is 2.13. The van der Waals surface area contributed by atoms with E-state index in [0.717, 1.165) is 41.3 Å². The maximum absolute atomic E-state index is 11.9. The number of carbonyl (C=O) groups is 1. The normalized spacial score (nSPS) is 17.2.